The van der Waals surface area contributed by atoms with Gasteiger partial charge in [0.25, 0.3) is 0 Å². The lowest BCUT2D eigenvalue weighted by molar-refractivity contribution is 0.165. The Morgan fingerprint density at radius 2 is 1.91 bits per heavy atom. The SMILES string of the molecule is Cl.c1cc(CN2CCC3(CCNCC3)C2)c2c(c1)OCCO2. The molecule has 1 spiro atoms. The Morgan fingerprint density at radius 1 is 1.09 bits per heavy atom. The summed E-state index contributed by atoms with van der Waals surface area (Å²) in [5, 5.41) is 3.49. The summed E-state index contributed by atoms with van der Waals surface area (Å²) >= 11 is 0. The first-order valence-electron chi connectivity index (χ1n) is 8.15. The van der Waals surface area contributed by atoms with Gasteiger partial charge in [0.05, 0.1) is 0 Å². The molecule has 4 nitrogen and oxygen atoms in total. The number of ether oxygens (including phenoxy) is 2. The van der Waals surface area contributed by atoms with Crippen molar-refractivity contribution in [2.24, 2.45) is 5.41 Å². The summed E-state index contributed by atoms with van der Waals surface area (Å²) in [6.45, 7) is 7.14. The van der Waals surface area contributed by atoms with Crippen LogP contribution in [0.25, 0.3) is 0 Å². The Bertz CT molecular complexity index is 517. The predicted octanol–water partition coefficient (Wildman–Crippen LogP) is 2.46. The van der Waals surface area contributed by atoms with E-state index in [0.717, 1.165) is 18.0 Å². The van der Waals surface area contributed by atoms with Gasteiger partial charge in [-0.1, -0.05) is 12.1 Å². The van der Waals surface area contributed by atoms with Crippen molar-refractivity contribution >= 4 is 12.4 Å². The average molecular weight is 325 g/mol. The van der Waals surface area contributed by atoms with Crippen LogP contribution in [0.4, 0.5) is 0 Å². The third-order valence-corrected chi connectivity index (χ3v) is 5.22. The number of likely N-dealkylation sites (tertiary alicyclic amines) is 1. The molecule has 0 saturated carbocycles. The van der Waals surface area contributed by atoms with E-state index in [2.05, 4.69) is 22.3 Å². The van der Waals surface area contributed by atoms with Gasteiger partial charge in [0.15, 0.2) is 11.5 Å². The zero-order chi connectivity index (χ0) is 14.1. The van der Waals surface area contributed by atoms with Crippen molar-refractivity contribution in [1.82, 2.24) is 10.2 Å². The van der Waals surface area contributed by atoms with Gasteiger partial charge in [-0.2, -0.15) is 0 Å². The molecule has 1 aromatic rings. The highest BCUT2D eigenvalue weighted by Gasteiger charge is 2.38. The number of fused-ring (bicyclic) bond motifs is 1. The van der Waals surface area contributed by atoms with Crippen molar-refractivity contribution in [3.05, 3.63) is 23.8 Å². The van der Waals surface area contributed by atoms with Crippen LogP contribution in [0.2, 0.25) is 0 Å². The second kappa shape index (κ2) is 6.65. The lowest BCUT2D eigenvalue weighted by atomic mass is 9.78. The van der Waals surface area contributed by atoms with E-state index in [4.69, 9.17) is 9.47 Å². The van der Waals surface area contributed by atoms with Gasteiger partial charge >= 0.3 is 0 Å². The van der Waals surface area contributed by atoms with Crippen LogP contribution < -0.4 is 14.8 Å². The summed E-state index contributed by atoms with van der Waals surface area (Å²) in [7, 11) is 0. The van der Waals surface area contributed by atoms with Crippen LogP contribution in [0, 0.1) is 5.41 Å². The normalized spacial score (nSPS) is 23.3. The quantitative estimate of drug-likeness (QED) is 0.906. The molecule has 22 heavy (non-hydrogen) atoms. The topological polar surface area (TPSA) is 33.7 Å². The minimum Gasteiger partial charge on any atom is -0.486 e. The fourth-order valence-electron chi connectivity index (χ4n) is 4.03. The standard InChI is InChI=1S/C17H24N2O2.ClH/c1-2-14(16-15(3-1)20-10-11-21-16)12-19-9-6-17(13-19)4-7-18-8-5-17;/h1-3,18H,4-13H2;1H. The van der Waals surface area contributed by atoms with Crippen LogP contribution >= 0.6 is 12.4 Å². The largest absolute Gasteiger partial charge is 0.486 e. The molecule has 0 aromatic heterocycles. The second-order valence-electron chi connectivity index (χ2n) is 6.65. The first-order valence-corrected chi connectivity index (χ1v) is 8.15. The Kier molecular flexibility index (Phi) is 4.81. The summed E-state index contributed by atoms with van der Waals surface area (Å²) in [6, 6.07) is 6.27. The molecular formula is C17H25ClN2O2. The maximum atomic E-state index is 5.84. The van der Waals surface area contributed by atoms with Gasteiger partial charge < -0.3 is 14.8 Å². The summed E-state index contributed by atoms with van der Waals surface area (Å²) < 4.78 is 11.5. The van der Waals surface area contributed by atoms with Gasteiger partial charge in [0.2, 0.25) is 0 Å². The van der Waals surface area contributed by atoms with Crippen molar-refractivity contribution in [2.75, 3.05) is 39.4 Å². The molecule has 3 heterocycles. The van der Waals surface area contributed by atoms with E-state index < -0.39 is 0 Å². The third-order valence-electron chi connectivity index (χ3n) is 5.22. The highest BCUT2D eigenvalue weighted by Crippen LogP contribution is 2.40. The molecule has 0 aliphatic carbocycles. The molecule has 122 valence electrons. The van der Waals surface area contributed by atoms with Gasteiger partial charge in [0, 0.05) is 18.7 Å². The minimum absolute atomic E-state index is 0. The van der Waals surface area contributed by atoms with Crippen LogP contribution in [0.1, 0.15) is 24.8 Å². The molecule has 3 aliphatic heterocycles. The van der Waals surface area contributed by atoms with Crippen LogP contribution in [0.5, 0.6) is 11.5 Å². The van der Waals surface area contributed by atoms with E-state index in [0.29, 0.717) is 18.6 Å². The Balaban J connectivity index is 0.00000144. The first kappa shape index (κ1) is 15.9. The molecule has 0 bridgehead atoms. The van der Waals surface area contributed by atoms with Gasteiger partial charge in [-0.05, 0) is 50.4 Å². The first-order chi connectivity index (χ1) is 10.3. The number of nitrogens with one attached hydrogen (secondary N) is 1. The van der Waals surface area contributed by atoms with Crippen LogP contribution in [-0.2, 0) is 6.54 Å². The smallest absolute Gasteiger partial charge is 0.165 e. The van der Waals surface area contributed by atoms with Gasteiger partial charge in [-0.25, -0.2) is 0 Å². The lowest BCUT2D eigenvalue weighted by Gasteiger charge is -2.34. The molecule has 0 radical (unpaired) electrons. The fourth-order valence-corrected chi connectivity index (χ4v) is 4.03. The molecule has 0 amide bonds. The van der Waals surface area contributed by atoms with E-state index in [9.17, 15) is 0 Å². The molecule has 1 aromatic carbocycles. The maximum absolute atomic E-state index is 5.84. The predicted molar refractivity (Wildman–Crippen MR) is 89.1 cm³/mol. The highest BCUT2D eigenvalue weighted by molar-refractivity contribution is 5.85. The van der Waals surface area contributed by atoms with Crippen LogP contribution in [-0.4, -0.2) is 44.3 Å². The molecule has 0 atom stereocenters. The molecule has 1 N–H and O–H groups in total. The number of hydrogen-bond donors (Lipinski definition) is 1. The molecule has 5 heteroatoms. The molecule has 4 rings (SSSR count). The fraction of sp³-hybridized carbons (Fsp3) is 0.647. The third kappa shape index (κ3) is 3.05. The van der Waals surface area contributed by atoms with Crippen LogP contribution in [0.15, 0.2) is 18.2 Å². The Morgan fingerprint density at radius 3 is 2.77 bits per heavy atom. The number of hydrogen-bond acceptors (Lipinski definition) is 4. The number of nitrogens with zero attached hydrogens (tertiary/aromatic N) is 1. The lowest BCUT2D eigenvalue weighted by Crippen LogP contribution is -2.38. The number of rotatable bonds is 2. The summed E-state index contributed by atoms with van der Waals surface area (Å²) in [4.78, 5) is 2.60. The van der Waals surface area contributed by atoms with E-state index in [1.54, 1.807) is 0 Å². The number of para-hydroxylation sites is 1. The average Bonchev–Trinajstić information content (AvgIpc) is 2.91. The van der Waals surface area contributed by atoms with E-state index in [-0.39, 0.29) is 12.4 Å². The monoisotopic (exact) mass is 324 g/mol. The number of piperidine rings is 1. The van der Waals surface area contributed by atoms with Crippen LogP contribution in [0.3, 0.4) is 0 Å². The van der Waals surface area contributed by atoms with Crippen molar-refractivity contribution in [3.63, 3.8) is 0 Å². The van der Waals surface area contributed by atoms with Gasteiger partial charge in [-0.15, -0.1) is 12.4 Å². The minimum atomic E-state index is 0. The van der Waals surface area contributed by atoms with Crippen molar-refractivity contribution in [1.29, 1.82) is 0 Å². The van der Waals surface area contributed by atoms with E-state index >= 15 is 0 Å². The second-order valence-corrected chi connectivity index (χ2v) is 6.65. The summed E-state index contributed by atoms with van der Waals surface area (Å²) in [5.41, 5.74) is 1.84. The molecule has 3 aliphatic rings. The molecule has 0 unspecified atom stereocenters. The number of benzene rings is 1. The van der Waals surface area contributed by atoms with Gasteiger partial charge in [0.1, 0.15) is 13.2 Å². The highest BCUT2D eigenvalue weighted by atomic mass is 35.5. The zero-order valence-electron chi connectivity index (χ0n) is 13.0. The Labute approximate surface area is 138 Å². The van der Waals surface area contributed by atoms with Crippen molar-refractivity contribution in [3.8, 4) is 11.5 Å². The molecule has 2 fully saturated rings. The number of halogens is 1. The maximum Gasteiger partial charge on any atom is 0.165 e. The van der Waals surface area contributed by atoms with E-state index in [1.165, 1.54) is 51.0 Å². The zero-order valence-corrected chi connectivity index (χ0v) is 13.8. The van der Waals surface area contributed by atoms with Gasteiger partial charge in [-0.3, -0.25) is 4.90 Å². The summed E-state index contributed by atoms with van der Waals surface area (Å²) in [5.74, 6) is 1.88. The van der Waals surface area contributed by atoms with E-state index in [1.807, 2.05) is 6.07 Å². The molecule has 2 saturated heterocycles. The van der Waals surface area contributed by atoms with Crippen molar-refractivity contribution in [2.45, 2.75) is 25.8 Å². The summed E-state index contributed by atoms with van der Waals surface area (Å²) in [6.07, 6.45) is 4.01. The van der Waals surface area contributed by atoms with Crippen molar-refractivity contribution < 1.29 is 9.47 Å². The Hall–Kier alpha value is -0.970. The molecular weight excluding hydrogens is 300 g/mol.